The van der Waals surface area contributed by atoms with E-state index in [9.17, 15) is 4.39 Å². The van der Waals surface area contributed by atoms with Gasteiger partial charge < -0.3 is 15.4 Å². The molecule has 22 heavy (non-hydrogen) atoms. The third-order valence-corrected chi connectivity index (χ3v) is 4.65. The van der Waals surface area contributed by atoms with Gasteiger partial charge in [0.15, 0.2) is 5.96 Å². The van der Waals surface area contributed by atoms with E-state index in [4.69, 9.17) is 4.74 Å². The monoisotopic (exact) mass is 305 g/mol. The van der Waals surface area contributed by atoms with Crippen LogP contribution in [0.25, 0.3) is 0 Å². The summed E-state index contributed by atoms with van der Waals surface area (Å²) in [4.78, 5) is 4.27. The van der Waals surface area contributed by atoms with Crippen LogP contribution in [0.1, 0.15) is 31.2 Å². The molecule has 0 spiro atoms. The molecule has 2 fully saturated rings. The van der Waals surface area contributed by atoms with Crippen LogP contribution < -0.4 is 10.6 Å². The van der Waals surface area contributed by atoms with Gasteiger partial charge in [-0.1, -0.05) is 12.1 Å². The van der Waals surface area contributed by atoms with Gasteiger partial charge >= 0.3 is 0 Å². The van der Waals surface area contributed by atoms with Gasteiger partial charge in [-0.15, -0.1) is 0 Å². The van der Waals surface area contributed by atoms with Crippen molar-refractivity contribution >= 4 is 5.96 Å². The Hall–Kier alpha value is -1.62. The lowest BCUT2D eigenvalue weighted by atomic mass is 9.96. The third kappa shape index (κ3) is 3.58. The molecular formula is C17H24FN3O. The minimum atomic E-state index is -0.179. The fourth-order valence-electron chi connectivity index (χ4n) is 3.01. The lowest BCUT2D eigenvalue weighted by Crippen LogP contribution is -2.43. The van der Waals surface area contributed by atoms with Crippen molar-refractivity contribution < 1.29 is 9.13 Å². The van der Waals surface area contributed by atoms with Crippen LogP contribution in [-0.2, 0) is 10.2 Å². The van der Waals surface area contributed by atoms with Gasteiger partial charge in [-0.2, -0.15) is 0 Å². The normalized spacial score (nSPS) is 23.4. The highest BCUT2D eigenvalue weighted by molar-refractivity contribution is 5.79. The molecule has 1 unspecified atom stereocenters. The van der Waals surface area contributed by atoms with Crippen LogP contribution in [0.3, 0.4) is 0 Å². The fourth-order valence-corrected chi connectivity index (χ4v) is 3.01. The summed E-state index contributed by atoms with van der Waals surface area (Å²) in [6.07, 6.45) is 4.82. The largest absolute Gasteiger partial charge is 0.376 e. The minimum Gasteiger partial charge on any atom is -0.376 e. The molecule has 2 aliphatic rings. The molecular weight excluding hydrogens is 281 g/mol. The first-order valence-electron chi connectivity index (χ1n) is 8.04. The Morgan fingerprint density at radius 3 is 2.68 bits per heavy atom. The van der Waals surface area contributed by atoms with Crippen molar-refractivity contribution in [2.75, 3.05) is 26.7 Å². The van der Waals surface area contributed by atoms with E-state index in [1.165, 1.54) is 5.56 Å². The highest BCUT2D eigenvalue weighted by Gasteiger charge is 2.44. The zero-order valence-electron chi connectivity index (χ0n) is 13.1. The molecule has 1 saturated carbocycles. The summed E-state index contributed by atoms with van der Waals surface area (Å²) in [7, 11) is 1.78. The van der Waals surface area contributed by atoms with Gasteiger partial charge in [-0.25, -0.2) is 4.39 Å². The molecule has 4 nitrogen and oxygen atoms in total. The number of ether oxygens (including phenoxy) is 1. The van der Waals surface area contributed by atoms with Crippen LogP contribution in [0.4, 0.5) is 4.39 Å². The molecule has 1 saturated heterocycles. The van der Waals surface area contributed by atoms with Crippen molar-refractivity contribution in [2.45, 2.75) is 37.2 Å². The smallest absolute Gasteiger partial charge is 0.191 e. The lowest BCUT2D eigenvalue weighted by Gasteiger charge is -2.20. The summed E-state index contributed by atoms with van der Waals surface area (Å²) in [5, 5.41) is 6.73. The quantitative estimate of drug-likeness (QED) is 0.647. The highest BCUT2D eigenvalue weighted by Crippen LogP contribution is 2.47. The maximum absolute atomic E-state index is 13.1. The molecule has 5 heteroatoms. The number of guanidine groups is 1. The minimum absolute atomic E-state index is 0.134. The number of aliphatic imine (C=N–C) groups is 1. The molecule has 1 aromatic rings. The summed E-state index contributed by atoms with van der Waals surface area (Å²) in [5.74, 6) is 0.630. The third-order valence-electron chi connectivity index (χ3n) is 4.65. The molecule has 120 valence electrons. The van der Waals surface area contributed by atoms with Crippen molar-refractivity contribution in [3.8, 4) is 0 Å². The van der Waals surface area contributed by atoms with Gasteiger partial charge in [0.2, 0.25) is 0 Å². The first-order chi connectivity index (χ1) is 10.7. The van der Waals surface area contributed by atoms with E-state index in [2.05, 4.69) is 15.6 Å². The predicted octanol–water partition coefficient (Wildman–Crippen LogP) is 2.20. The number of hydrogen-bond acceptors (Lipinski definition) is 2. The number of nitrogens with zero attached hydrogens (tertiary/aromatic N) is 1. The second-order valence-corrected chi connectivity index (χ2v) is 6.23. The van der Waals surface area contributed by atoms with Crippen molar-refractivity contribution in [1.82, 2.24) is 10.6 Å². The molecule has 2 N–H and O–H groups in total. The van der Waals surface area contributed by atoms with Crippen LogP contribution in [0, 0.1) is 5.82 Å². The van der Waals surface area contributed by atoms with E-state index in [1.807, 2.05) is 12.1 Å². The van der Waals surface area contributed by atoms with Crippen LogP contribution in [0.2, 0.25) is 0 Å². The van der Waals surface area contributed by atoms with Gasteiger partial charge in [0.1, 0.15) is 5.82 Å². The summed E-state index contributed by atoms with van der Waals surface area (Å²) in [6, 6.07) is 6.87. The molecule has 0 bridgehead atoms. The first kappa shape index (κ1) is 15.3. The highest BCUT2D eigenvalue weighted by atomic mass is 19.1. The molecule has 0 radical (unpaired) electrons. The van der Waals surface area contributed by atoms with Crippen molar-refractivity contribution in [2.24, 2.45) is 4.99 Å². The molecule has 1 aromatic carbocycles. The van der Waals surface area contributed by atoms with Crippen LogP contribution in [-0.4, -0.2) is 38.8 Å². The van der Waals surface area contributed by atoms with Gasteiger partial charge in [0, 0.05) is 32.2 Å². The Kier molecular flexibility index (Phi) is 4.62. The van der Waals surface area contributed by atoms with Crippen molar-refractivity contribution in [3.63, 3.8) is 0 Å². The molecule has 0 aromatic heterocycles. The van der Waals surface area contributed by atoms with Crippen LogP contribution in [0.15, 0.2) is 29.3 Å². The fraction of sp³-hybridized carbons (Fsp3) is 0.588. The van der Waals surface area contributed by atoms with E-state index < -0.39 is 0 Å². The zero-order chi connectivity index (χ0) is 15.4. The number of rotatable bonds is 5. The summed E-state index contributed by atoms with van der Waals surface area (Å²) < 4.78 is 18.7. The van der Waals surface area contributed by atoms with E-state index in [-0.39, 0.29) is 11.2 Å². The first-order valence-corrected chi connectivity index (χ1v) is 8.04. The van der Waals surface area contributed by atoms with Crippen molar-refractivity contribution in [3.05, 3.63) is 35.6 Å². The Labute approximate surface area is 131 Å². The molecule has 1 heterocycles. The van der Waals surface area contributed by atoms with Gasteiger partial charge in [-0.3, -0.25) is 4.99 Å². The molecule has 1 aliphatic carbocycles. The van der Waals surface area contributed by atoms with Gasteiger partial charge in [0.25, 0.3) is 0 Å². The summed E-state index contributed by atoms with van der Waals surface area (Å²) >= 11 is 0. The Morgan fingerprint density at radius 1 is 1.32 bits per heavy atom. The maximum atomic E-state index is 13.1. The average Bonchev–Trinajstić information content (AvgIpc) is 3.14. The topological polar surface area (TPSA) is 45.7 Å². The SMILES string of the molecule is CN=C(NCC1CCCO1)NCC1(c2ccc(F)cc2)CC1. The molecule has 1 aliphatic heterocycles. The second-order valence-electron chi connectivity index (χ2n) is 6.23. The molecule has 0 amide bonds. The standard InChI is InChI=1S/C17H24FN3O/c1-19-16(20-11-15-3-2-10-22-15)21-12-17(8-9-17)13-4-6-14(18)7-5-13/h4-7,15H,2-3,8-12H2,1H3,(H2,19,20,21). The van der Waals surface area contributed by atoms with E-state index in [0.29, 0.717) is 6.10 Å². The number of nitrogens with one attached hydrogen (secondary N) is 2. The van der Waals surface area contributed by atoms with Gasteiger partial charge in [-0.05, 0) is 43.4 Å². The Morgan fingerprint density at radius 2 is 2.09 bits per heavy atom. The summed E-state index contributed by atoms with van der Waals surface area (Å²) in [6.45, 7) is 2.49. The Balaban J connectivity index is 1.50. The molecule has 3 rings (SSSR count). The van der Waals surface area contributed by atoms with Crippen LogP contribution >= 0.6 is 0 Å². The Bertz CT molecular complexity index is 519. The van der Waals surface area contributed by atoms with Crippen LogP contribution in [0.5, 0.6) is 0 Å². The number of benzene rings is 1. The zero-order valence-corrected chi connectivity index (χ0v) is 13.1. The average molecular weight is 305 g/mol. The summed E-state index contributed by atoms with van der Waals surface area (Å²) in [5.41, 5.74) is 1.34. The number of halogens is 1. The lowest BCUT2D eigenvalue weighted by molar-refractivity contribution is 0.114. The predicted molar refractivity (Wildman–Crippen MR) is 85.7 cm³/mol. The van der Waals surface area contributed by atoms with E-state index in [1.54, 1.807) is 19.2 Å². The maximum Gasteiger partial charge on any atom is 0.191 e. The van der Waals surface area contributed by atoms with Gasteiger partial charge in [0.05, 0.1) is 6.10 Å². The van der Waals surface area contributed by atoms with E-state index >= 15 is 0 Å². The van der Waals surface area contributed by atoms with Crippen molar-refractivity contribution in [1.29, 1.82) is 0 Å². The number of hydrogen-bond donors (Lipinski definition) is 2. The van der Waals surface area contributed by atoms with E-state index in [0.717, 1.165) is 51.3 Å². The molecule has 1 atom stereocenters. The second kappa shape index (κ2) is 6.65.